The molecule has 2 heteroatoms. The van der Waals surface area contributed by atoms with E-state index in [0.29, 0.717) is 5.69 Å². The zero-order chi connectivity index (χ0) is 14.2. The second-order valence-corrected chi connectivity index (χ2v) is 5.17. The Bertz CT molecular complexity index is 940. The molecule has 0 aliphatic rings. The largest absolute Gasteiger partial charge is 0.397 e. The molecule has 100 valence electrons. The Balaban J connectivity index is 2.13. The number of aromatic nitrogens is 1. The van der Waals surface area contributed by atoms with Crippen LogP contribution >= 0.6 is 0 Å². The lowest BCUT2D eigenvalue weighted by Crippen LogP contribution is -1.90. The van der Waals surface area contributed by atoms with E-state index in [1.54, 1.807) is 6.20 Å². The monoisotopic (exact) mass is 270 g/mol. The Labute approximate surface area is 122 Å². The lowest BCUT2D eigenvalue weighted by atomic mass is 9.95. The van der Waals surface area contributed by atoms with Crippen LogP contribution in [0, 0.1) is 0 Å². The number of benzene rings is 3. The first-order valence-electron chi connectivity index (χ1n) is 6.95. The van der Waals surface area contributed by atoms with Gasteiger partial charge < -0.3 is 5.73 Å². The maximum absolute atomic E-state index is 5.75. The average molecular weight is 270 g/mol. The predicted octanol–water partition coefficient (Wildman–Crippen LogP) is 4.64. The van der Waals surface area contributed by atoms with Crippen molar-refractivity contribution in [2.75, 3.05) is 5.73 Å². The number of pyridine rings is 1. The van der Waals surface area contributed by atoms with Gasteiger partial charge in [-0.15, -0.1) is 0 Å². The molecule has 2 nitrogen and oxygen atoms in total. The molecule has 1 aromatic heterocycles. The Morgan fingerprint density at radius 1 is 0.714 bits per heavy atom. The van der Waals surface area contributed by atoms with Crippen molar-refractivity contribution in [1.29, 1.82) is 0 Å². The molecule has 0 amide bonds. The van der Waals surface area contributed by atoms with Gasteiger partial charge in [-0.3, -0.25) is 4.98 Å². The van der Waals surface area contributed by atoms with E-state index in [0.717, 1.165) is 11.3 Å². The van der Waals surface area contributed by atoms with Crippen molar-refractivity contribution in [3.63, 3.8) is 0 Å². The van der Waals surface area contributed by atoms with Crippen molar-refractivity contribution >= 4 is 27.2 Å². The molecule has 0 fully saturated rings. The number of nitrogens with zero attached hydrogens (tertiary/aromatic N) is 1. The molecule has 0 unspecified atom stereocenters. The first-order valence-corrected chi connectivity index (χ1v) is 6.95. The summed E-state index contributed by atoms with van der Waals surface area (Å²) in [7, 11) is 0. The van der Waals surface area contributed by atoms with Gasteiger partial charge in [0.15, 0.2) is 0 Å². The zero-order valence-corrected chi connectivity index (χ0v) is 11.5. The Hall–Kier alpha value is -2.87. The highest BCUT2D eigenvalue weighted by molar-refractivity contribution is 6.13. The fourth-order valence-corrected chi connectivity index (χ4v) is 2.83. The van der Waals surface area contributed by atoms with Gasteiger partial charge in [-0.05, 0) is 39.7 Å². The number of fused-ring (bicyclic) bond motifs is 3. The van der Waals surface area contributed by atoms with E-state index >= 15 is 0 Å². The topological polar surface area (TPSA) is 38.9 Å². The molecule has 4 aromatic rings. The molecule has 0 aliphatic carbocycles. The van der Waals surface area contributed by atoms with E-state index in [1.807, 2.05) is 12.1 Å². The first-order chi connectivity index (χ1) is 10.3. The molecule has 0 spiro atoms. The third-order valence-corrected chi connectivity index (χ3v) is 3.83. The molecule has 1 heterocycles. The van der Waals surface area contributed by atoms with Crippen molar-refractivity contribution in [2.45, 2.75) is 0 Å². The number of nitrogens with two attached hydrogens (primary N) is 1. The molecule has 21 heavy (non-hydrogen) atoms. The average Bonchev–Trinajstić information content (AvgIpc) is 2.55. The summed E-state index contributed by atoms with van der Waals surface area (Å²) in [4.78, 5) is 4.48. The maximum Gasteiger partial charge on any atom is 0.0710 e. The van der Waals surface area contributed by atoms with Crippen LogP contribution in [-0.2, 0) is 0 Å². The zero-order valence-electron chi connectivity index (χ0n) is 11.5. The van der Waals surface area contributed by atoms with Gasteiger partial charge in [-0.2, -0.15) is 0 Å². The number of hydrogen-bond acceptors (Lipinski definition) is 2. The molecule has 2 N–H and O–H groups in total. The molecular weight excluding hydrogens is 256 g/mol. The number of rotatable bonds is 1. The van der Waals surface area contributed by atoms with Crippen LogP contribution in [0.3, 0.4) is 0 Å². The third kappa shape index (κ3) is 1.93. The molecule has 0 saturated carbocycles. The van der Waals surface area contributed by atoms with Crippen molar-refractivity contribution in [1.82, 2.24) is 4.98 Å². The summed E-state index contributed by atoms with van der Waals surface area (Å²) in [5.41, 5.74) is 8.52. The molecule has 0 atom stereocenters. The highest BCUT2D eigenvalue weighted by atomic mass is 14.7. The van der Waals surface area contributed by atoms with E-state index in [9.17, 15) is 0 Å². The van der Waals surface area contributed by atoms with E-state index in [4.69, 9.17) is 5.73 Å². The maximum atomic E-state index is 5.75. The van der Waals surface area contributed by atoms with E-state index < -0.39 is 0 Å². The highest BCUT2D eigenvalue weighted by Crippen LogP contribution is 2.33. The number of anilines is 1. The van der Waals surface area contributed by atoms with Crippen molar-refractivity contribution in [3.8, 4) is 11.3 Å². The molecule has 3 aromatic carbocycles. The van der Waals surface area contributed by atoms with Crippen LogP contribution in [0.4, 0.5) is 5.69 Å². The minimum absolute atomic E-state index is 0.684. The Kier molecular flexibility index (Phi) is 2.61. The molecule has 4 rings (SSSR count). The summed E-state index contributed by atoms with van der Waals surface area (Å²) in [6, 6.07) is 23.0. The first kappa shape index (κ1) is 11.9. The lowest BCUT2D eigenvalue weighted by Gasteiger charge is -2.10. The summed E-state index contributed by atoms with van der Waals surface area (Å²) >= 11 is 0. The summed E-state index contributed by atoms with van der Waals surface area (Å²) < 4.78 is 0. The highest BCUT2D eigenvalue weighted by Gasteiger charge is 2.08. The van der Waals surface area contributed by atoms with Crippen LogP contribution in [0.2, 0.25) is 0 Å². The van der Waals surface area contributed by atoms with Gasteiger partial charge in [0.1, 0.15) is 0 Å². The fraction of sp³-hybridized carbons (Fsp3) is 0. The third-order valence-electron chi connectivity index (χ3n) is 3.83. The summed E-state index contributed by atoms with van der Waals surface area (Å²) in [5, 5.41) is 4.97. The van der Waals surface area contributed by atoms with Gasteiger partial charge >= 0.3 is 0 Å². The van der Waals surface area contributed by atoms with Gasteiger partial charge in [0.05, 0.1) is 17.6 Å². The standard InChI is InChI=1S/C19H14N2/c20-14-9-10-19(21-12-14)18-11-13-5-1-2-6-15(13)16-7-3-4-8-17(16)18/h1-12H,20H2. The van der Waals surface area contributed by atoms with Gasteiger partial charge in [0, 0.05) is 5.56 Å². The predicted molar refractivity (Wildman–Crippen MR) is 89.1 cm³/mol. The SMILES string of the molecule is Nc1ccc(-c2cc3ccccc3c3ccccc23)nc1. The fourth-order valence-electron chi connectivity index (χ4n) is 2.83. The quantitative estimate of drug-likeness (QED) is 0.512. The number of hydrogen-bond donors (Lipinski definition) is 1. The van der Waals surface area contributed by atoms with Crippen LogP contribution in [0.25, 0.3) is 32.8 Å². The van der Waals surface area contributed by atoms with Crippen LogP contribution in [-0.4, -0.2) is 4.98 Å². The van der Waals surface area contributed by atoms with Gasteiger partial charge in [-0.1, -0.05) is 48.5 Å². The lowest BCUT2D eigenvalue weighted by molar-refractivity contribution is 1.34. The minimum atomic E-state index is 0.684. The summed E-state index contributed by atoms with van der Waals surface area (Å²) in [6.07, 6.45) is 1.71. The molecule has 0 saturated heterocycles. The van der Waals surface area contributed by atoms with Crippen LogP contribution in [0.5, 0.6) is 0 Å². The van der Waals surface area contributed by atoms with Gasteiger partial charge in [0.25, 0.3) is 0 Å². The minimum Gasteiger partial charge on any atom is -0.397 e. The van der Waals surface area contributed by atoms with E-state index in [2.05, 4.69) is 59.6 Å². The van der Waals surface area contributed by atoms with Crippen molar-refractivity contribution in [3.05, 3.63) is 72.9 Å². The second-order valence-electron chi connectivity index (χ2n) is 5.17. The van der Waals surface area contributed by atoms with Crippen LogP contribution in [0.1, 0.15) is 0 Å². The second kappa shape index (κ2) is 4.60. The molecule has 0 bridgehead atoms. The normalized spacial score (nSPS) is 11.0. The van der Waals surface area contributed by atoms with Crippen LogP contribution in [0.15, 0.2) is 72.9 Å². The van der Waals surface area contributed by atoms with E-state index in [-0.39, 0.29) is 0 Å². The van der Waals surface area contributed by atoms with Crippen molar-refractivity contribution < 1.29 is 0 Å². The number of nitrogen functional groups attached to an aromatic ring is 1. The van der Waals surface area contributed by atoms with Crippen molar-refractivity contribution in [2.24, 2.45) is 0 Å². The molecular formula is C19H14N2. The Morgan fingerprint density at radius 3 is 2.19 bits per heavy atom. The van der Waals surface area contributed by atoms with Crippen LogP contribution < -0.4 is 5.73 Å². The van der Waals surface area contributed by atoms with E-state index in [1.165, 1.54) is 21.5 Å². The summed E-state index contributed by atoms with van der Waals surface area (Å²) in [6.45, 7) is 0. The molecule has 0 aliphatic heterocycles. The van der Waals surface area contributed by atoms with Gasteiger partial charge in [0.2, 0.25) is 0 Å². The molecule has 0 radical (unpaired) electrons. The van der Waals surface area contributed by atoms with Gasteiger partial charge in [-0.25, -0.2) is 0 Å². The summed E-state index contributed by atoms with van der Waals surface area (Å²) in [5.74, 6) is 0. The smallest absolute Gasteiger partial charge is 0.0710 e. The Morgan fingerprint density at radius 2 is 1.43 bits per heavy atom.